The van der Waals surface area contributed by atoms with Crippen molar-refractivity contribution in [3.8, 4) is 11.3 Å². The van der Waals surface area contributed by atoms with Crippen molar-refractivity contribution in [1.82, 2.24) is 20.5 Å². The molecule has 2 aromatic heterocycles. The van der Waals surface area contributed by atoms with Gasteiger partial charge >= 0.3 is 0 Å². The number of nitrogens with one attached hydrogen (secondary N) is 2. The number of pyridine rings is 1. The molecule has 0 aliphatic carbocycles. The first-order chi connectivity index (χ1) is 8.43. The van der Waals surface area contributed by atoms with Gasteiger partial charge in [0.2, 0.25) is 0 Å². The minimum Gasteiger partial charge on any atom is -0.316 e. The monoisotopic (exact) mass is 228 g/mol. The van der Waals surface area contributed by atoms with E-state index in [1.807, 2.05) is 12.1 Å². The summed E-state index contributed by atoms with van der Waals surface area (Å²) < 4.78 is 0. The number of rotatable bonds is 2. The number of hydrogen-bond acceptors (Lipinski definition) is 3. The standard InChI is InChI=1S/C13H16N4/c1-2-11(9-15-5-1)13-8-12(16-17-13)10-3-6-14-7-4-10/h3-4,6-8,11,15H,1-2,5,9H2,(H,16,17)/t11-/m0/s1. The second kappa shape index (κ2) is 4.67. The van der Waals surface area contributed by atoms with Gasteiger partial charge in [0.15, 0.2) is 0 Å². The van der Waals surface area contributed by atoms with Gasteiger partial charge in [0.25, 0.3) is 0 Å². The number of nitrogens with zero attached hydrogens (tertiary/aromatic N) is 2. The maximum atomic E-state index is 4.38. The van der Waals surface area contributed by atoms with E-state index < -0.39 is 0 Å². The van der Waals surface area contributed by atoms with Crippen LogP contribution in [0.1, 0.15) is 24.5 Å². The molecule has 4 heteroatoms. The van der Waals surface area contributed by atoms with Crippen LogP contribution >= 0.6 is 0 Å². The molecule has 0 aromatic carbocycles. The lowest BCUT2D eigenvalue weighted by Gasteiger charge is -2.21. The lowest BCUT2D eigenvalue weighted by molar-refractivity contribution is 0.454. The summed E-state index contributed by atoms with van der Waals surface area (Å²) in [5.41, 5.74) is 3.36. The van der Waals surface area contributed by atoms with E-state index in [9.17, 15) is 0 Å². The van der Waals surface area contributed by atoms with Crippen LogP contribution in [-0.4, -0.2) is 28.3 Å². The van der Waals surface area contributed by atoms with Gasteiger partial charge in [0.05, 0.1) is 5.69 Å². The third kappa shape index (κ3) is 2.22. The third-order valence-electron chi connectivity index (χ3n) is 3.31. The molecule has 1 saturated heterocycles. The Morgan fingerprint density at radius 2 is 2.12 bits per heavy atom. The molecular formula is C13H16N4. The zero-order chi connectivity index (χ0) is 11.5. The second-order valence-electron chi connectivity index (χ2n) is 4.49. The molecule has 4 nitrogen and oxygen atoms in total. The maximum absolute atomic E-state index is 4.38. The lowest BCUT2D eigenvalue weighted by atomic mass is 9.96. The van der Waals surface area contributed by atoms with E-state index >= 15 is 0 Å². The van der Waals surface area contributed by atoms with Gasteiger partial charge in [-0.1, -0.05) is 0 Å². The summed E-state index contributed by atoms with van der Waals surface area (Å²) in [6, 6.07) is 6.13. The quantitative estimate of drug-likeness (QED) is 0.826. The highest BCUT2D eigenvalue weighted by molar-refractivity contribution is 5.58. The number of H-pyrrole nitrogens is 1. The average Bonchev–Trinajstić information content (AvgIpc) is 2.90. The van der Waals surface area contributed by atoms with E-state index in [-0.39, 0.29) is 0 Å². The average molecular weight is 228 g/mol. The molecule has 2 aromatic rings. The van der Waals surface area contributed by atoms with E-state index in [4.69, 9.17) is 0 Å². The van der Waals surface area contributed by atoms with E-state index in [2.05, 4.69) is 26.6 Å². The molecule has 17 heavy (non-hydrogen) atoms. The van der Waals surface area contributed by atoms with E-state index in [0.29, 0.717) is 5.92 Å². The Morgan fingerprint density at radius 3 is 2.88 bits per heavy atom. The molecule has 0 unspecified atom stereocenters. The van der Waals surface area contributed by atoms with Crippen LogP contribution in [0.25, 0.3) is 11.3 Å². The molecule has 88 valence electrons. The highest BCUT2D eigenvalue weighted by Crippen LogP contribution is 2.25. The fourth-order valence-electron chi connectivity index (χ4n) is 2.33. The summed E-state index contributed by atoms with van der Waals surface area (Å²) in [7, 11) is 0. The van der Waals surface area contributed by atoms with Gasteiger partial charge in [0, 0.05) is 36.1 Å². The largest absolute Gasteiger partial charge is 0.316 e. The first kappa shape index (κ1) is 10.5. The summed E-state index contributed by atoms with van der Waals surface area (Å²) in [6.07, 6.45) is 6.08. The highest BCUT2D eigenvalue weighted by Gasteiger charge is 2.17. The zero-order valence-electron chi connectivity index (χ0n) is 9.69. The summed E-state index contributed by atoms with van der Waals surface area (Å²) >= 11 is 0. The van der Waals surface area contributed by atoms with Crippen LogP contribution in [-0.2, 0) is 0 Å². The van der Waals surface area contributed by atoms with Gasteiger partial charge in [-0.15, -0.1) is 0 Å². The lowest BCUT2D eigenvalue weighted by Crippen LogP contribution is -2.28. The van der Waals surface area contributed by atoms with Crippen molar-refractivity contribution in [1.29, 1.82) is 0 Å². The smallest absolute Gasteiger partial charge is 0.0924 e. The molecular weight excluding hydrogens is 212 g/mol. The molecule has 1 aliphatic heterocycles. The summed E-state index contributed by atoms with van der Waals surface area (Å²) in [5, 5.41) is 11.0. The molecule has 2 N–H and O–H groups in total. The first-order valence-corrected chi connectivity index (χ1v) is 6.10. The Hall–Kier alpha value is -1.68. The number of hydrogen-bond donors (Lipinski definition) is 2. The van der Waals surface area contributed by atoms with Crippen LogP contribution < -0.4 is 5.32 Å². The van der Waals surface area contributed by atoms with E-state index in [1.165, 1.54) is 18.5 Å². The van der Waals surface area contributed by atoms with Gasteiger partial charge in [0.1, 0.15) is 0 Å². The van der Waals surface area contributed by atoms with Crippen LogP contribution in [0.4, 0.5) is 0 Å². The van der Waals surface area contributed by atoms with Crippen LogP contribution in [0, 0.1) is 0 Å². The Kier molecular flexibility index (Phi) is 2.88. The van der Waals surface area contributed by atoms with Crippen LogP contribution in [0.2, 0.25) is 0 Å². The molecule has 0 spiro atoms. The fourth-order valence-corrected chi connectivity index (χ4v) is 2.33. The Morgan fingerprint density at radius 1 is 1.24 bits per heavy atom. The topological polar surface area (TPSA) is 53.6 Å². The summed E-state index contributed by atoms with van der Waals surface area (Å²) in [6.45, 7) is 2.19. The molecule has 0 bridgehead atoms. The molecule has 1 atom stereocenters. The molecule has 1 aliphatic rings. The van der Waals surface area contributed by atoms with E-state index in [0.717, 1.165) is 24.3 Å². The number of aromatic amines is 1. The molecule has 0 radical (unpaired) electrons. The van der Waals surface area contributed by atoms with Gasteiger partial charge in [-0.25, -0.2) is 0 Å². The van der Waals surface area contributed by atoms with E-state index in [1.54, 1.807) is 12.4 Å². The summed E-state index contributed by atoms with van der Waals surface area (Å²) in [4.78, 5) is 4.02. The minimum atomic E-state index is 0.576. The van der Waals surface area contributed by atoms with Crippen LogP contribution in [0.3, 0.4) is 0 Å². The van der Waals surface area contributed by atoms with Crippen molar-refractivity contribution in [2.75, 3.05) is 13.1 Å². The Bertz CT molecular complexity index is 471. The molecule has 3 rings (SSSR count). The third-order valence-corrected chi connectivity index (χ3v) is 3.31. The maximum Gasteiger partial charge on any atom is 0.0924 e. The van der Waals surface area contributed by atoms with Crippen molar-refractivity contribution in [2.24, 2.45) is 0 Å². The van der Waals surface area contributed by atoms with Crippen molar-refractivity contribution in [2.45, 2.75) is 18.8 Å². The van der Waals surface area contributed by atoms with Crippen molar-refractivity contribution in [3.05, 3.63) is 36.3 Å². The first-order valence-electron chi connectivity index (χ1n) is 6.10. The number of aromatic nitrogens is 3. The molecule has 3 heterocycles. The molecule has 0 saturated carbocycles. The molecule has 1 fully saturated rings. The fraction of sp³-hybridized carbons (Fsp3) is 0.385. The van der Waals surface area contributed by atoms with Crippen molar-refractivity contribution < 1.29 is 0 Å². The van der Waals surface area contributed by atoms with Crippen molar-refractivity contribution in [3.63, 3.8) is 0 Å². The number of piperidine rings is 1. The van der Waals surface area contributed by atoms with Gasteiger partial charge in [-0.2, -0.15) is 5.10 Å². The predicted molar refractivity (Wildman–Crippen MR) is 66.7 cm³/mol. The highest BCUT2D eigenvalue weighted by atomic mass is 15.1. The minimum absolute atomic E-state index is 0.576. The Labute approximate surface area is 100 Å². The SMILES string of the molecule is c1cc(-c2cc([C@H]3CCCNC3)[nH]n2)ccn1. The second-order valence-corrected chi connectivity index (χ2v) is 4.49. The Balaban J connectivity index is 1.83. The van der Waals surface area contributed by atoms with Crippen LogP contribution in [0.15, 0.2) is 30.6 Å². The normalized spacial score (nSPS) is 20.4. The van der Waals surface area contributed by atoms with Crippen LogP contribution in [0.5, 0.6) is 0 Å². The predicted octanol–water partition coefficient (Wildman–Crippen LogP) is 1.94. The zero-order valence-corrected chi connectivity index (χ0v) is 9.69. The van der Waals surface area contributed by atoms with Crippen molar-refractivity contribution >= 4 is 0 Å². The molecule has 0 amide bonds. The summed E-state index contributed by atoms with van der Waals surface area (Å²) in [5.74, 6) is 0.576. The van der Waals surface area contributed by atoms with Gasteiger partial charge in [-0.3, -0.25) is 10.1 Å². The van der Waals surface area contributed by atoms with Gasteiger partial charge < -0.3 is 5.32 Å². The van der Waals surface area contributed by atoms with Gasteiger partial charge in [-0.05, 0) is 37.6 Å².